The van der Waals surface area contributed by atoms with Crippen LogP contribution in [0, 0.1) is 22.0 Å². The van der Waals surface area contributed by atoms with Crippen LogP contribution >= 0.6 is 11.6 Å². The highest BCUT2D eigenvalue weighted by molar-refractivity contribution is 6.30. The van der Waals surface area contributed by atoms with E-state index in [-0.39, 0.29) is 22.9 Å². The van der Waals surface area contributed by atoms with Crippen molar-refractivity contribution in [3.8, 4) is 0 Å². The number of amides is 2. The number of rotatable bonds is 6. The van der Waals surface area contributed by atoms with Crippen LogP contribution < -0.4 is 4.90 Å². The van der Waals surface area contributed by atoms with Crippen LogP contribution in [-0.4, -0.2) is 45.3 Å². The molecule has 0 radical (unpaired) electrons. The largest absolute Gasteiger partial charge is 0.359 e. The highest BCUT2D eigenvalue weighted by Crippen LogP contribution is 2.47. The number of fused-ring (bicyclic) bond motifs is 3. The van der Waals surface area contributed by atoms with Crippen molar-refractivity contribution in [3.05, 3.63) is 129 Å². The average Bonchev–Trinajstić information content (AvgIpc) is 3.44. The number of allylic oxidation sites excluding steroid dienone is 2. The van der Waals surface area contributed by atoms with Gasteiger partial charge in [-0.25, -0.2) is 4.90 Å². The lowest BCUT2D eigenvalue weighted by molar-refractivity contribution is -0.384. The summed E-state index contributed by atoms with van der Waals surface area (Å²) in [5.74, 6) is -3.72. The van der Waals surface area contributed by atoms with Crippen molar-refractivity contribution >= 4 is 46.4 Å². The Kier molecular flexibility index (Phi) is 6.15. The van der Waals surface area contributed by atoms with Crippen molar-refractivity contribution in [2.24, 2.45) is 11.8 Å². The molecule has 0 aliphatic carbocycles. The summed E-state index contributed by atoms with van der Waals surface area (Å²) in [6.07, 6.45) is 4.85. The number of carbonyl (C=O) groups excluding carboxylic acids is 4. The van der Waals surface area contributed by atoms with Gasteiger partial charge in [-0.3, -0.25) is 29.3 Å². The normalized spacial score (nSPS) is 23.1. The minimum atomic E-state index is -1.04. The molecule has 2 amide bonds. The van der Waals surface area contributed by atoms with Crippen LogP contribution in [0.25, 0.3) is 0 Å². The van der Waals surface area contributed by atoms with Crippen LogP contribution in [0.3, 0.4) is 0 Å². The van der Waals surface area contributed by atoms with Gasteiger partial charge in [-0.05, 0) is 42.5 Å². The molecule has 9 nitrogen and oxygen atoms in total. The van der Waals surface area contributed by atoms with E-state index in [4.69, 9.17) is 11.6 Å². The number of hydrogen-bond acceptors (Lipinski definition) is 7. The molecular weight excluding hydrogens is 534 g/mol. The molecule has 6 rings (SSSR count). The van der Waals surface area contributed by atoms with E-state index >= 15 is 0 Å². The van der Waals surface area contributed by atoms with Gasteiger partial charge in [0.1, 0.15) is 6.04 Å². The molecule has 3 aliphatic heterocycles. The lowest BCUT2D eigenvalue weighted by Crippen LogP contribution is -2.46. The van der Waals surface area contributed by atoms with Gasteiger partial charge in [0.2, 0.25) is 11.8 Å². The fourth-order valence-electron chi connectivity index (χ4n) is 5.72. The Bertz CT molecular complexity index is 1630. The van der Waals surface area contributed by atoms with E-state index in [1.165, 1.54) is 24.3 Å². The average molecular weight is 554 g/mol. The molecule has 3 aromatic rings. The summed E-state index contributed by atoms with van der Waals surface area (Å²) < 4.78 is 0. The Balaban J connectivity index is 1.42. The van der Waals surface area contributed by atoms with Crippen LogP contribution in [-0.2, 0) is 9.59 Å². The molecule has 4 atom stereocenters. The third-order valence-electron chi connectivity index (χ3n) is 7.56. The van der Waals surface area contributed by atoms with Gasteiger partial charge in [-0.15, -0.1) is 0 Å². The smallest absolute Gasteiger partial charge is 0.269 e. The Morgan fingerprint density at radius 3 is 2.12 bits per heavy atom. The summed E-state index contributed by atoms with van der Waals surface area (Å²) in [7, 11) is 0. The minimum Gasteiger partial charge on any atom is -0.359 e. The van der Waals surface area contributed by atoms with Crippen molar-refractivity contribution in [3.63, 3.8) is 0 Å². The number of Topliss-reactive ketones (excluding diaryl/α,β-unsaturated/α-hetero) is 2. The van der Waals surface area contributed by atoms with Crippen LogP contribution in [0.2, 0.25) is 5.02 Å². The molecule has 0 N–H and O–H groups in total. The SMILES string of the molecule is O=C(C1=C[C@H]2[C@H]3C(=O)N(c4ccc([N+](=O)[O-])cc4)C(=O)[C@@H]3[C@H](C(=O)c3ccc(Cl)cc3)N2C=C1)c1ccccc1. The molecule has 2 fully saturated rings. The van der Waals surface area contributed by atoms with E-state index in [0.717, 1.165) is 4.90 Å². The Morgan fingerprint density at radius 1 is 0.825 bits per heavy atom. The topological polar surface area (TPSA) is 118 Å². The zero-order chi connectivity index (χ0) is 28.1. The molecule has 3 heterocycles. The fraction of sp³-hybridized carbons (Fsp3) is 0.133. The lowest BCUT2D eigenvalue weighted by atomic mass is 9.85. The maximum absolute atomic E-state index is 13.9. The van der Waals surface area contributed by atoms with E-state index in [0.29, 0.717) is 21.7 Å². The second-order valence-corrected chi connectivity index (χ2v) is 10.2. The molecule has 3 aliphatic rings. The first-order valence-corrected chi connectivity index (χ1v) is 12.8. The van der Waals surface area contributed by atoms with Gasteiger partial charge in [0.15, 0.2) is 11.6 Å². The van der Waals surface area contributed by atoms with E-state index in [9.17, 15) is 29.3 Å². The predicted molar refractivity (Wildman–Crippen MR) is 146 cm³/mol. The third-order valence-corrected chi connectivity index (χ3v) is 7.81. The van der Waals surface area contributed by atoms with Crippen LogP contribution in [0.5, 0.6) is 0 Å². The van der Waals surface area contributed by atoms with Gasteiger partial charge in [-0.1, -0.05) is 48.0 Å². The number of ketones is 2. The monoisotopic (exact) mass is 553 g/mol. The van der Waals surface area contributed by atoms with Gasteiger partial charge in [-0.2, -0.15) is 0 Å². The van der Waals surface area contributed by atoms with Crippen molar-refractivity contribution < 1.29 is 24.1 Å². The second-order valence-electron chi connectivity index (χ2n) is 9.72. The number of nitro benzene ring substituents is 1. The number of nitrogens with zero attached hydrogens (tertiary/aromatic N) is 3. The predicted octanol–water partition coefficient (Wildman–Crippen LogP) is 4.63. The molecule has 0 aromatic heterocycles. The molecule has 198 valence electrons. The third kappa shape index (κ3) is 4.02. The van der Waals surface area contributed by atoms with Gasteiger partial charge in [0, 0.05) is 40.1 Å². The number of hydrogen-bond donors (Lipinski definition) is 0. The highest BCUT2D eigenvalue weighted by atomic mass is 35.5. The molecule has 0 unspecified atom stereocenters. The molecular formula is C30H20ClN3O6. The number of non-ortho nitro benzene ring substituents is 1. The van der Waals surface area contributed by atoms with E-state index in [2.05, 4.69) is 0 Å². The molecule has 3 aromatic carbocycles. The van der Waals surface area contributed by atoms with E-state index in [1.54, 1.807) is 77.8 Å². The molecule has 0 saturated carbocycles. The van der Waals surface area contributed by atoms with Crippen LogP contribution in [0.4, 0.5) is 11.4 Å². The van der Waals surface area contributed by atoms with Gasteiger partial charge in [0.25, 0.3) is 5.69 Å². The summed E-state index contributed by atoms with van der Waals surface area (Å²) in [5.41, 5.74) is 1.13. The number of carbonyl (C=O) groups is 4. The number of halogens is 1. The Hall–Kier alpha value is -4.89. The quantitative estimate of drug-likeness (QED) is 0.189. The van der Waals surface area contributed by atoms with E-state index in [1.807, 2.05) is 0 Å². The first kappa shape index (κ1) is 25.4. The second kappa shape index (κ2) is 9.69. The first-order chi connectivity index (χ1) is 19.3. The van der Waals surface area contributed by atoms with Crippen molar-refractivity contribution in [2.75, 3.05) is 4.90 Å². The zero-order valence-corrected chi connectivity index (χ0v) is 21.5. The van der Waals surface area contributed by atoms with Crippen molar-refractivity contribution in [2.45, 2.75) is 12.1 Å². The highest BCUT2D eigenvalue weighted by Gasteiger charge is 2.63. The first-order valence-electron chi connectivity index (χ1n) is 12.5. The number of benzene rings is 3. The maximum atomic E-state index is 13.9. The van der Waals surface area contributed by atoms with Gasteiger partial charge < -0.3 is 4.90 Å². The number of nitro groups is 1. The van der Waals surface area contributed by atoms with Crippen LogP contribution in [0.1, 0.15) is 20.7 Å². The zero-order valence-electron chi connectivity index (χ0n) is 20.7. The summed E-state index contributed by atoms with van der Waals surface area (Å²) in [6.45, 7) is 0. The van der Waals surface area contributed by atoms with Gasteiger partial charge >= 0.3 is 0 Å². The van der Waals surface area contributed by atoms with Crippen LogP contribution in [0.15, 0.2) is 103 Å². The van der Waals surface area contributed by atoms with E-state index < -0.39 is 40.7 Å². The Labute approximate surface area is 233 Å². The number of anilines is 1. The summed E-state index contributed by atoms with van der Waals surface area (Å²) >= 11 is 6.01. The Morgan fingerprint density at radius 2 is 1.48 bits per heavy atom. The minimum absolute atomic E-state index is 0.176. The summed E-state index contributed by atoms with van der Waals surface area (Å²) in [4.78, 5) is 68.0. The standard InChI is InChI=1S/C30H20ClN3O6/c31-20-8-6-18(7-9-20)28(36)26-25-24(29(37)33(30(25)38)21-10-12-22(13-11-21)34(39)40)23-16-19(14-15-32(23)26)27(35)17-4-2-1-3-5-17/h1-16,23-26H/t23-,24+,25-,26+/m0/s1. The molecule has 40 heavy (non-hydrogen) atoms. The molecule has 0 spiro atoms. The van der Waals surface area contributed by atoms with Crippen molar-refractivity contribution in [1.29, 1.82) is 0 Å². The molecule has 10 heteroatoms. The fourth-order valence-corrected chi connectivity index (χ4v) is 5.84. The maximum Gasteiger partial charge on any atom is 0.269 e. The summed E-state index contributed by atoms with van der Waals surface area (Å²) in [6, 6.07) is 18.3. The summed E-state index contributed by atoms with van der Waals surface area (Å²) in [5, 5.41) is 11.6. The molecule has 2 saturated heterocycles. The lowest BCUT2D eigenvalue weighted by Gasteiger charge is -2.32. The van der Waals surface area contributed by atoms with Gasteiger partial charge in [0.05, 0.1) is 28.5 Å². The molecule has 0 bridgehead atoms. The number of imide groups is 1. The van der Waals surface area contributed by atoms with Crippen molar-refractivity contribution in [1.82, 2.24) is 4.90 Å².